The monoisotopic (exact) mass is 619 g/mol. The average molecular weight is 620 g/mol. The van der Waals surface area contributed by atoms with Crippen molar-refractivity contribution in [2.45, 2.75) is 70.5 Å². The molecule has 0 bridgehead atoms. The van der Waals surface area contributed by atoms with Crippen LogP contribution in [0.15, 0.2) is 18.2 Å². The van der Waals surface area contributed by atoms with Crippen molar-refractivity contribution in [1.82, 2.24) is 0 Å². The second kappa shape index (κ2) is 17.3. The van der Waals surface area contributed by atoms with E-state index < -0.39 is 80.6 Å². The highest BCUT2D eigenvalue weighted by Crippen LogP contribution is 2.37. The number of benzene rings is 1. The van der Waals surface area contributed by atoms with Crippen LogP contribution in [-0.2, 0) is 38.1 Å². The molecule has 0 saturated heterocycles. The van der Waals surface area contributed by atoms with Crippen LogP contribution in [0.1, 0.15) is 41.5 Å². The molecule has 1 aromatic carbocycles. The van der Waals surface area contributed by atoms with Gasteiger partial charge in [0.1, 0.15) is 12.3 Å². The number of hydrogen-bond donors (Lipinski definition) is 1. The quantitative estimate of drug-likeness (QED) is 0.0871. The van der Waals surface area contributed by atoms with E-state index in [0.29, 0.717) is 11.5 Å². The van der Waals surface area contributed by atoms with Crippen LogP contribution in [0, 0.1) is 20.2 Å². The Morgan fingerprint density at radius 3 is 1.80 bits per heavy atom. The van der Waals surface area contributed by atoms with Gasteiger partial charge in [-0.15, -0.1) is 23.5 Å². The molecule has 15 nitrogen and oxygen atoms in total. The lowest BCUT2D eigenvalue weighted by atomic mass is 10.00. The smallest absolute Gasteiger partial charge is 0.303 e. The molecular weight excluding hydrogens is 586 g/mol. The number of nitrogens with one attached hydrogen (secondary N) is 1. The summed E-state index contributed by atoms with van der Waals surface area (Å²) in [6.07, 6.45) is -4.46. The SMILES string of the molecule is CCSC(SCC)C(Nc1ccc([N+](=O)[O-])cc1[N+](=O)[O-])C(OC(C)=O)C(OC(C)=O)C(COC(C)=O)OC(C)=O. The molecule has 1 rings (SSSR count). The highest BCUT2D eigenvalue weighted by Gasteiger charge is 2.46. The number of thioether (sulfide) groups is 2. The molecule has 0 saturated carbocycles. The number of nitrogens with zero attached hydrogens (tertiary/aromatic N) is 2. The third-order valence-electron chi connectivity index (χ3n) is 5.08. The van der Waals surface area contributed by atoms with Crippen LogP contribution in [0.25, 0.3) is 0 Å². The minimum absolute atomic E-state index is 0.147. The minimum atomic E-state index is -1.55. The topological polar surface area (TPSA) is 204 Å². The van der Waals surface area contributed by atoms with Crippen LogP contribution in [0.2, 0.25) is 0 Å². The lowest BCUT2D eigenvalue weighted by Gasteiger charge is -2.39. The van der Waals surface area contributed by atoms with Gasteiger partial charge in [0.2, 0.25) is 0 Å². The number of nitro benzene ring substituents is 2. The zero-order valence-electron chi connectivity index (χ0n) is 23.4. The molecule has 0 aliphatic rings. The van der Waals surface area contributed by atoms with Crippen LogP contribution in [0.5, 0.6) is 0 Å². The third kappa shape index (κ3) is 11.8. The predicted molar refractivity (Wildman–Crippen MR) is 151 cm³/mol. The molecule has 1 N–H and O–H groups in total. The molecule has 0 aromatic heterocycles. The van der Waals surface area contributed by atoms with E-state index in [0.717, 1.165) is 45.9 Å². The number of carbonyl (C=O) groups is 4. The fraction of sp³-hybridized carbons (Fsp3) is 0.583. The number of ether oxygens (including phenoxy) is 4. The van der Waals surface area contributed by atoms with Gasteiger partial charge in [-0.3, -0.25) is 39.4 Å². The molecule has 0 radical (unpaired) electrons. The Balaban J connectivity index is 3.90. The van der Waals surface area contributed by atoms with Gasteiger partial charge in [0.25, 0.3) is 11.4 Å². The standard InChI is InChI=1S/C24H33N3O12S2/c1-7-40-24(41-8-2)21(25-18-10-9-17(26(32)33)11-19(18)27(34)35)23(39-16(6)31)22(38-15(5)30)20(37-14(4)29)12-36-13(3)28/h9-11,20-25H,7-8,12H2,1-6H3. The van der Waals surface area contributed by atoms with E-state index in [2.05, 4.69) is 5.32 Å². The molecule has 0 fully saturated rings. The van der Waals surface area contributed by atoms with Crippen molar-refractivity contribution in [3.05, 3.63) is 38.4 Å². The van der Waals surface area contributed by atoms with Crippen molar-refractivity contribution in [2.24, 2.45) is 0 Å². The van der Waals surface area contributed by atoms with Crippen molar-refractivity contribution < 1.29 is 48.0 Å². The summed E-state index contributed by atoms with van der Waals surface area (Å²) in [7, 11) is 0. The largest absolute Gasteiger partial charge is 0.462 e. The van der Waals surface area contributed by atoms with E-state index in [-0.39, 0.29) is 5.69 Å². The molecule has 0 aliphatic carbocycles. The molecule has 17 heteroatoms. The first kappa shape index (κ1) is 35.4. The Labute approximate surface area is 244 Å². The van der Waals surface area contributed by atoms with E-state index in [9.17, 15) is 39.4 Å². The van der Waals surface area contributed by atoms with Crippen LogP contribution in [-0.4, -0.2) is 80.8 Å². The summed E-state index contributed by atoms with van der Waals surface area (Å²) in [6.45, 7) is 7.48. The molecule has 4 unspecified atom stereocenters. The van der Waals surface area contributed by atoms with Crippen molar-refractivity contribution in [3.8, 4) is 0 Å². The second-order valence-corrected chi connectivity index (χ2v) is 11.4. The molecule has 41 heavy (non-hydrogen) atoms. The first-order valence-electron chi connectivity index (χ1n) is 12.3. The maximum absolute atomic E-state index is 12.4. The molecule has 0 spiro atoms. The molecule has 0 heterocycles. The third-order valence-corrected chi connectivity index (χ3v) is 7.81. The van der Waals surface area contributed by atoms with Gasteiger partial charge in [-0.2, -0.15) is 0 Å². The summed E-state index contributed by atoms with van der Waals surface area (Å²) < 4.78 is 21.0. The van der Waals surface area contributed by atoms with E-state index in [1.165, 1.54) is 23.5 Å². The summed E-state index contributed by atoms with van der Waals surface area (Å²) in [5.74, 6) is -2.14. The van der Waals surface area contributed by atoms with Crippen molar-refractivity contribution in [2.75, 3.05) is 23.4 Å². The second-order valence-electron chi connectivity index (χ2n) is 8.26. The van der Waals surface area contributed by atoms with Crippen molar-refractivity contribution in [1.29, 1.82) is 0 Å². The van der Waals surface area contributed by atoms with E-state index >= 15 is 0 Å². The fourth-order valence-corrected chi connectivity index (χ4v) is 6.39. The maximum Gasteiger partial charge on any atom is 0.303 e. The normalized spacial score (nSPS) is 13.7. The predicted octanol–water partition coefficient (Wildman–Crippen LogP) is 3.47. The number of nitro groups is 2. The van der Waals surface area contributed by atoms with Gasteiger partial charge in [-0.1, -0.05) is 13.8 Å². The number of non-ortho nitro benzene ring substituents is 1. The molecule has 0 aliphatic heterocycles. The van der Waals surface area contributed by atoms with Gasteiger partial charge in [-0.25, -0.2) is 0 Å². The van der Waals surface area contributed by atoms with Crippen LogP contribution in [0.4, 0.5) is 17.1 Å². The number of hydrogen-bond acceptors (Lipinski definition) is 15. The van der Waals surface area contributed by atoms with Crippen molar-refractivity contribution >= 4 is 64.5 Å². The molecular formula is C24H33N3O12S2. The molecule has 1 aromatic rings. The van der Waals surface area contributed by atoms with Crippen LogP contribution < -0.4 is 5.32 Å². The lowest BCUT2D eigenvalue weighted by molar-refractivity contribution is -0.393. The van der Waals surface area contributed by atoms with Gasteiger partial charge in [0.05, 0.1) is 26.5 Å². The first-order chi connectivity index (χ1) is 19.2. The average Bonchev–Trinajstić information content (AvgIpc) is 2.86. The number of esters is 4. The van der Waals surface area contributed by atoms with Gasteiger partial charge >= 0.3 is 23.9 Å². The summed E-state index contributed by atoms with van der Waals surface area (Å²) in [5, 5.41) is 26.1. The Morgan fingerprint density at radius 2 is 1.37 bits per heavy atom. The highest BCUT2D eigenvalue weighted by molar-refractivity contribution is 8.17. The van der Waals surface area contributed by atoms with Gasteiger partial charge in [0, 0.05) is 33.8 Å². The summed E-state index contributed by atoms with van der Waals surface area (Å²) in [5.41, 5.74) is -1.30. The number of rotatable bonds is 17. The Hall–Kier alpha value is -3.60. The minimum Gasteiger partial charge on any atom is -0.462 e. The first-order valence-corrected chi connectivity index (χ1v) is 14.4. The Bertz CT molecular complexity index is 1110. The summed E-state index contributed by atoms with van der Waals surface area (Å²) >= 11 is 2.77. The Kier molecular flexibility index (Phi) is 14.9. The van der Waals surface area contributed by atoms with E-state index in [1.807, 2.05) is 13.8 Å². The Morgan fingerprint density at radius 1 is 0.829 bits per heavy atom. The zero-order valence-corrected chi connectivity index (χ0v) is 25.0. The van der Waals surface area contributed by atoms with Gasteiger partial charge in [0.15, 0.2) is 18.3 Å². The van der Waals surface area contributed by atoms with Gasteiger partial charge in [-0.05, 0) is 17.6 Å². The zero-order chi connectivity index (χ0) is 31.3. The maximum atomic E-state index is 12.4. The molecule has 4 atom stereocenters. The molecule has 0 amide bonds. The molecule has 228 valence electrons. The summed E-state index contributed by atoms with van der Waals surface area (Å²) in [6, 6.07) is 1.91. The fourth-order valence-electron chi connectivity index (χ4n) is 3.67. The van der Waals surface area contributed by atoms with E-state index in [1.54, 1.807) is 0 Å². The number of anilines is 1. The van der Waals surface area contributed by atoms with Crippen LogP contribution in [0.3, 0.4) is 0 Å². The summed E-state index contributed by atoms with van der Waals surface area (Å²) in [4.78, 5) is 69.7. The van der Waals surface area contributed by atoms with Gasteiger partial charge < -0.3 is 24.3 Å². The van der Waals surface area contributed by atoms with E-state index in [4.69, 9.17) is 18.9 Å². The van der Waals surface area contributed by atoms with Crippen molar-refractivity contribution in [3.63, 3.8) is 0 Å². The number of carbonyl (C=O) groups excluding carboxylic acids is 4. The lowest BCUT2D eigenvalue weighted by Crippen LogP contribution is -2.56. The highest BCUT2D eigenvalue weighted by atomic mass is 32.2. The van der Waals surface area contributed by atoms with Crippen LogP contribution >= 0.6 is 23.5 Å².